The predicted molar refractivity (Wildman–Crippen MR) is 91.1 cm³/mol. The fraction of sp³-hybridized carbons (Fsp3) is 0.263. The highest BCUT2D eigenvalue weighted by Crippen LogP contribution is 2.29. The van der Waals surface area contributed by atoms with E-state index in [4.69, 9.17) is 9.15 Å². The van der Waals surface area contributed by atoms with Crippen LogP contribution in [-0.2, 0) is 25.8 Å². The van der Waals surface area contributed by atoms with Gasteiger partial charge in [-0.3, -0.25) is 0 Å². The molecule has 1 aliphatic heterocycles. The van der Waals surface area contributed by atoms with E-state index in [0.29, 0.717) is 18.5 Å². The molecule has 0 atom stereocenters. The number of benzene rings is 2. The van der Waals surface area contributed by atoms with E-state index in [2.05, 4.69) is 45.8 Å². The molecule has 1 aliphatic rings. The van der Waals surface area contributed by atoms with Crippen molar-refractivity contribution >= 4 is 6.01 Å². The Morgan fingerprint density at radius 3 is 2.79 bits per heavy atom. The van der Waals surface area contributed by atoms with Crippen LogP contribution in [0.25, 0.3) is 0 Å². The number of hydrogen-bond donors (Lipinski definition) is 1. The molecule has 1 aromatic heterocycles. The molecule has 24 heavy (non-hydrogen) atoms. The van der Waals surface area contributed by atoms with Gasteiger partial charge in [0.1, 0.15) is 5.75 Å². The van der Waals surface area contributed by atoms with E-state index in [0.717, 1.165) is 37.2 Å². The highest BCUT2D eigenvalue weighted by Gasteiger charge is 2.16. The summed E-state index contributed by atoms with van der Waals surface area (Å²) in [6.45, 7) is 1.38. The summed E-state index contributed by atoms with van der Waals surface area (Å²) in [6, 6.07) is 17.0. The molecule has 0 bridgehead atoms. The van der Waals surface area contributed by atoms with Crippen molar-refractivity contribution in [2.24, 2.45) is 0 Å². The van der Waals surface area contributed by atoms with Crippen LogP contribution in [-0.4, -0.2) is 16.8 Å². The largest absolute Gasteiger partial charge is 0.493 e. The fourth-order valence-electron chi connectivity index (χ4n) is 2.92. The van der Waals surface area contributed by atoms with E-state index >= 15 is 0 Å². The van der Waals surface area contributed by atoms with E-state index in [1.807, 2.05) is 18.2 Å². The first kappa shape index (κ1) is 14.8. The monoisotopic (exact) mass is 321 g/mol. The smallest absolute Gasteiger partial charge is 0.315 e. The summed E-state index contributed by atoms with van der Waals surface area (Å²) < 4.78 is 11.4. The molecule has 3 aromatic rings. The second kappa shape index (κ2) is 6.74. The normalized spacial score (nSPS) is 12.7. The highest BCUT2D eigenvalue weighted by molar-refractivity contribution is 5.45. The maximum Gasteiger partial charge on any atom is 0.315 e. The molecule has 4 rings (SSSR count). The molecule has 1 N–H and O–H groups in total. The summed E-state index contributed by atoms with van der Waals surface area (Å²) in [4.78, 5) is 0. The molecule has 0 spiro atoms. The minimum absolute atomic E-state index is 0.452. The first-order chi connectivity index (χ1) is 11.9. The molecular weight excluding hydrogens is 302 g/mol. The number of aryl methyl sites for hydroxylation is 2. The summed E-state index contributed by atoms with van der Waals surface area (Å²) in [6.07, 6.45) is 2.61. The van der Waals surface area contributed by atoms with Gasteiger partial charge in [0.05, 0.1) is 6.61 Å². The van der Waals surface area contributed by atoms with E-state index in [1.165, 1.54) is 11.1 Å². The zero-order valence-electron chi connectivity index (χ0n) is 13.4. The molecule has 0 aliphatic carbocycles. The third-order valence-electron chi connectivity index (χ3n) is 4.16. The number of hydrogen-bond acceptors (Lipinski definition) is 5. The third kappa shape index (κ3) is 3.25. The first-order valence-electron chi connectivity index (χ1n) is 8.22. The summed E-state index contributed by atoms with van der Waals surface area (Å²) in [5.74, 6) is 1.64. The van der Waals surface area contributed by atoms with Crippen molar-refractivity contribution in [2.75, 3.05) is 11.9 Å². The van der Waals surface area contributed by atoms with Crippen LogP contribution in [0.2, 0.25) is 0 Å². The molecule has 0 radical (unpaired) electrons. The Hall–Kier alpha value is -2.82. The van der Waals surface area contributed by atoms with Gasteiger partial charge in [0.25, 0.3) is 0 Å². The van der Waals surface area contributed by atoms with Gasteiger partial charge in [0.15, 0.2) is 0 Å². The zero-order chi connectivity index (χ0) is 16.2. The van der Waals surface area contributed by atoms with Crippen LogP contribution in [0.15, 0.2) is 52.9 Å². The van der Waals surface area contributed by atoms with Gasteiger partial charge in [-0.2, -0.15) is 0 Å². The first-order valence-corrected chi connectivity index (χ1v) is 8.22. The number of anilines is 1. The van der Waals surface area contributed by atoms with E-state index in [-0.39, 0.29) is 0 Å². The van der Waals surface area contributed by atoms with E-state index in [9.17, 15) is 0 Å². The fourth-order valence-corrected chi connectivity index (χ4v) is 2.92. The average Bonchev–Trinajstić information content (AvgIpc) is 3.28. The molecule has 0 fully saturated rings. The van der Waals surface area contributed by atoms with Crippen LogP contribution in [0, 0.1) is 0 Å². The standard InChI is InChI=1S/C19H19N3O2/c1-2-5-14(6-3-1)9-10-17-21-22-19(24-17)20-13-16-8-4-7-15-11-12-23-18(15)16/h1-8H,9-13H2,(H,20,22). The lowest BCUT2D eigenvalue weighted by Crippen LogP contribution is -2.01. The van der Waals surface area contributed by atoms with Crippen LogP contribution in [0.5, 0.6) is 5.75 Å². The zero-order valence-corrected chi connectivity index (χ0v) is 13.4. The lowest BCUT2D eigenvalue weighted by molar-refractivity contribution is 0.353. The molecule has 0 amide bonds. The lowest BCUT2D eigenvalue weighted by atomic mass is 10.1. The van der Waals surface area contributed by atoms with Crippen molar-refractivity contribution < 1.29 is 9.15 Å². The van der Waals surface area contributed by atoms with Crippen LogP contribution >= 0.6 is 0 Å². The molecule has 5 nitrogen and oxygen atoms in total. The van der Waals surface area contributed by atoms with Gasteiger partial charge in [-0.05, 0) is 17.5 Å². The van der Waals surface area contributed by atoms with Crippen molar-refractivity contribution in [3.05, 3.63) is 71.1 Å². The van der Waals surface area contributed by atoms with Crippen LogP contribution in [0.4, 0.5) is 6.01 Å². The number of fused-ring (bicyclic) bond motifs is 1. The second-order valence-corrected chi connectivity index (χ2v) is 5.84. The Morgan fingerprint density at radius 1 is 0.958 bits per heavy atom. The minimum Gasteiger partial charge on any atom is -0.493 e. The highest BCUT2D eigenvalue weighted by atomic mass is 16.5. The summed E-state index contributed by atoms with van der Waals surface area (Å²) >= 11 is 0. The number of rotatable bonds is 6. The van der Waals surface area contributed by atoms with Crippen LogP contribution in [0.3, 0.4) is 0 Å². The second-order valence-electron chi connectivity index (χ2n) is 5.84. The SMILES string of the molecule is c1ccc(CCc2nnc(NCc3cccc4c3OCC4)o2)cc1. The number of aromatic nitrogens is 2. The minimum atomic E-state index is 0.452. The number of ether oxygens (including phenoxy) is 1. The van der Waals surface area contributed by atoms with Crippen molar-refractivity contribution in [1.82, 2.24) is 10.2 Å². The van der Waals surface area contributed by atoms with Gasteiger partial charge in [-0.1, -0.05) is 53.6 Å². The molecule has 2 heterocycles. The van der Waals surface area contributed by atoms with Gasteiger partial charge in [-0.25, -0.2) is 0 Å². The molecular formula is C19H19N3O2. The molecule has 5 heteroatoms. The van der Waals surface area contributed by atoms with Gasteiger partial charge < -0.3 is 14.5 Å². The van der Waals surface area contributed by atoms with Crippen molar-refractivity contribution in [1.29, 1.82) is 0 Å². The Labute approximate surface area is 140 Å². The van der Waals surface area contributed by atoms with Crippen LogP contribution < -0.4 is 10.1 Å². The maximum atomic E-state index is 5.70. The molecule has 122 valence electrons. The average molecular weight is 321 g/mol. The van der Waals surface area contributed by atoms with Crippen molar-refractivity contribution in [2.45, 2.75) is 25.8 Å². The maximum absolute atomic E-state index is 5.70. The topological polar surface area (TPSA) is 60.2 Å². The van der Waals surface area contributed by atoms with E-state index in [1.54, 1.807) is 0 Å². The van der Waals surface area contributed by atoms with Gasteiger partial charge in [-0.15, -0.1) is 5.10 Å². The number of para-hydroxylation sites is 1. The van der Waals surface area contributed by atoms with E-state index < -0.39 is 0 Å². The predicted octanol–water partition coefficient (Wildman–Crippen LogP) is 3.40. The molecule has 0 saturated carbocycles. The number of nitrogens with zero attached hydrogens (tertiary/aromatic N) is 2. The summed E-state index contributed by atoms with van der Waals surface area (Å²) in [7, 11) is 0. The number of nitrogens with one attached hydrogen (secondary N) is 1. The van der Waals surface area contributed by atoms with Gasteiger partial charge in [0.2, 0.25) is 5.89 Å². The molecule has 2 aromatic carbocycles. The molecule has 0 unspecified atom stereocenters. The summed E-state index contributed by atoms with van der Waals surface area (Å²) in [5.41, 5.74) is 3.65. The lowest BCUT2D eigenvalue weighted by Gasteiger charge is -2.07. The van der Waals surface area contributed by atoms with Crippen molar-refractivity contribution in [3.63, 3.8) is 0 Å². The van der Waals surface area contributed by atoms with Gasteiger partial charge >= 0.3 is 6.01 Å². The Kier molecular flexibility index (Phi) is 4.14. The quantitative estimate of drug-likeness (QED) is 0.754. The Bertz CT molecular complexity index is 814. The van der Waals surface area contributed by atoms with Crippen molar-refractivity contribution in [3.8, 4) is 5.75 Å². The Balaban J connectivity index is 1.35. The Morgan fingerprint density at radius 2 is 1.88 bits per heavy atom. The molecule has 0 saturated heterocycles. The third-order valence-corrected chi connectivity index (χ3v) is 4.16. The van der Waals surface area contributed by atoms with Gasteiger partial charge in [0, 0.05) is 24.9 Å². The van der Waals surface area contributed by atoms with Crippen LogP contribution in [0.1, 0.15) is 22.6 Å². The summed E-state index contributed by atoms with van der Waals surface area (Å²) in [5, 5.41) is 11.4.